The van der Waals surface area contributed by atoms with E-state index in [0.717, 1.165) is 54.0 Å². The first kappa shape index (κ1) is 23.8. The molecule has 5 aliphatic rings. The Balaban J connectivity index is 1.14. The average Bonchev–Trinajstić information content (AvgIpc) is 3.64. The van der Waals surface area contributed by atoms with E-state index in [1.54, 1.807) is 0 Å². The third kappa shape index (κ3) is 4.11. The van der Waals surface area contributed by atoms with E-state index in [0.29, 0.717) is 37.0 Å². The number of anilines is 2. The van der Waals surface area contributed by atoms with Gasteiger partial charge in [-0.1, -0.05) is 24.3 Å². The topological polar surface area (TPSA) is 77.0 Å². The predicted octanol–water partition coefficient (Wildman–Crippen LogP) is 3.85. The molecule has 8 rings (SSSR count). The van der Waals surface area contributed by atoms with Crippen LogP contribution < -0.4 is 19.9 Å². The van der Waals surface area contributed by atoms with E-state index >= 15 is 0 Å². The maximum absolute atomic E-state index is 10.5. The van der Waals surface area contributed by atoms with Crippen LogP contribution in [0.15, 0.2) is 36.4 Å². The largest absolute Gasteiger partial charge is 0.508 e. The van der Waals surface area contributed by atoms with Gasteiger partial charge >= 0.3 is 6.01 Å². The standard InChI is InChI=1S/C31H38N6O2/c38-24-15-21-5-1-2-6-25(21)28(16-24)35-14-9-26-27(19-35)33-30(39-20-31-10-3-12-37(31)13-4-11-31)34-29(26)36-17-22-7-8-23(18-36)32-22/h1-2,5-6,15-16,22-23,32,38H,3-4,7-14,17-20H2. The lowest BCUT2D eigenvalue weighted by molar-refractivity contribution is 0.107. The molecule has 2 bridgehead atoms. The van der Waals surface area contributed by atoms with Gasteiger partial charge in [-0.2, -0.15) is 9.97 Å². The Labute approximate surface area is 230 Å². The van der Waals surface area contributed by atoms with Crippen molar-refractivity contribution in [2.45, 2.75) is 69.1 Å². The summed E-state index contributed by atoms with van der Waals surface area (Å²) in [6.45, 7) is 6.61. The van der Waals surface area contributed by atoms with Crippen LogP contribution in [-0.4, -0.2) is 76.9 Å². The minimum absolute atomic E-state index is 0.167. The molecule has 8 heteroatoms. The number of hydrogen-bond donors (Lipinski definition) is 2. The van der Waals surface area contributed by atoms with Gasteiger partial charge in [-0.25, -0.2) is 0 Å². The number of piperazine rings is 1. The summed E-state index contributed by atoms with van der Waals surface area (Å²) in [6, 6.07) is 13.7. The van der Waals surface area contributed by atoms with E-state index in [9.17, 15) is 5.11 Å². The van der Waals surface area contributed by atoms with E-state index in [-0.39, 0.29) is 5.54 Å². The SMILES string of the molecule is Oc1cc(N2CCc3c(nc(OCC45CCCN4CCC5)nc3N3CC4CCC(C3)N4)C2)c2ccccc2c1. The fourth-order valence-electron chi connectivity index (χ4n) is 8.09. The summed E-state index contributed by atoms with van der Waals surface area (Å²) < 4.78 is 6.53. The van der Waals surface area contributed by atoms with E-state index < -0.39 is 0 Å². The number of nitrogens with one attached hydrogen (secondary N) is 1. The van der Waals surface area contributed by atoms with Crippen LogP contribution in [0.25, 0.3) is 10.8 Å². The molecule has 39 heavy (non-hydrogen) atoms. The van der Waals surface area contributed by atoms with Crippen molar-refractivity contribution >= 4 is 22.3 Å². The number of fused-ring (bicyclic) bond motifs is 5. The number of aromatic nitrogens is 2. The van der Waals surface area contributed by atoms with Gasteiger partial charge in [-0.15, -0.1) is 0 Å². The van der Waals surface area contributed by atoms with E-state index in [1.165, 1.54) is 57.2 Å². The van der Waals surface area contributed by atoms with Crippen molar-refractivity contribution in [3.05, 3.63) is 47.7 Å². The van der Waals surface area contributed by atoms with Crippen molar-refractivity contribution in [1.29, 1.82) is 0 Å². The molecule has 5 aliphatic heterocycles. The fraction of sp³-hybridized carbons (Fsp3) is 0.548. The first-order chi connectivity index (χ1) is 19.1. The number of hydrogen-bond acceptors (Lipinski definition) is 8. The highest BCUT2D eigenvalue weighted by Crippen LogP contribution is 2.40. The second kappa shape index (κ2) is 9.24. The Morgan fingerprint density at radius 2 is 1.77 bits per heavy atom. The predicted molar refractivity (Wildman–Crippen MR) is 153 cm³/mol. The van der Waals surface area contributed by atoms with Crippen LogP contribution in [-0.2, 0) is 13.0 Å². The zero-order chi connectivity index (χ0) is 26.0. The molecule has 1 aromatic heterocycles. The summed E-state index contributed by atoms with van der Waals surface area (Å²) in [5.74, 6) is 1.39. The molecule has 0 aliphatic carbocycles. The smallest absolute Gasteiger partial charge is 0.318 e. The van der Waals surface area contributed by atoms with Gasteiger partial charge in [0, 0.05) is 54.4 Å². The van der Waals surface area contributed by atoms with Crippen molar-refractivity contribution in [2.24, 2.45) is 0 Å². The number of rotatable bonds is 5. The number of aromatic hydroxyl groups is 1. The Kier molecular flexibility index (Phi) is 5.63. The molecule has 2 atom stereocenters. The summed E-state index contributed by atoms with van der Waals surface area (Å²) in [7, 11) is 0. The van der Waals surface area contributed by atoms with Crippen LogP contribution in [0, 0.1) is 0 Å². The molecule has 8 nitrogen and oxygen atoms in total. The Morgan fingerprint density at radius 3 is 2.59 bits per heavy atom. The second-order valence-corrected chi connectivity index (χ2v) is 12.4. The number of ether oxygens (including phenoxy) is 1. The summed E-state index contributed by atoms with van der Waals surface area (Å²) in [6.07, 6.45) is 8.32. The molecule has 6 heterocycles. The third-order valence-electron chi connectivity index (χ3n) is 9.99. The van der Waals surface area contributed by atoms with Crippen molar-refractivity contribution in [2.75, 3.05) is 49.1 Å². The van der Waals surface area contributed by atoms with Gasteiger partial charge in [0.2, 0.25) is 0 Å². The molecule has 2 N–H and O–H groups in total. The fourth-order valence-corrected chi connectivity index (χ4v) is 8.09. The van der Waals surface area contributed by atoms with Crippen LogP contribution in [0.5, 0.6) is 11.8 Å². The molecule has 3 aromatic rings. The van der Waals surface area contributed by atoms with Gasteiger partial charge < -0.3 is 25.0 Å². The van der Waals surface area contributed by atoms with Crippen LogP contribution in [0.4, 0.5) is 11.5 Å². The average molecular weight is 527 g/mol. The number of nitrogens with zero attached hydrogens (tertiary/aromatic N) is 5. The second-order valence-electron chi connectivity index (χ2n) is 12.4. The minimum Gasteiger partial charge on any atom is -0.508 e. The van der Waals surface area contributed by atoms with Gasteiger partial charge in [0.1, 0.15) is 18.2 Å². The quantitative estimate of drug-likeness (QED) is 0.519. The Morgan fingerprint density at radius 1 is 0.974 bits per heavy atom. The van der Waals surface area contributed by atoms with Gasteiger partial charge in [0.25, 0.3) is 0 Å². The van der Waals surface area contributed by atoms with Crippen LogP contribution in [0.1, 0.15) is 49.8 Å². The van der Waals surface area contributed by atoms with Crippen LogP contribution >= 0.6 is 0 Å². The van der Waals surface area contributed by atoms with E-state index in [1.807, 2.05) is 18.2 Å². The van der Waals surface area contributed by atoms with Crippen molar-refractivity contribution in [3.63, 3.8) is 0 Å². The van der Waals surface area contributed by atoms with Gasteiger partial charge in [-0.3, -0.25) is 4.90 Å². The highest BCUT2D eigenvalue weighted by molar-refractivity contribution is 5.95. The van der Waals surface area contributed by atoms with E-state index in [2.05, 4.69) is 38.2 Å². The minimum atomic E-state index is 0.167. The summed E-state index contributed by atoms with van der Waals surface area (Å²) >= 11 is 0. The molecule has 2 unspecified atom stereocenters. The Bertz CT molecular complexity index is 1390. The summed E-state index contributed by atoms with van der Waals surface area (Å²) in [5.41, 5.74) is 3.56. The van der Waals surface area contributed by atoms with E-state index in [4.69, 9.17) is 14.7 Å². The lowest BCUT2D eigenvalue weighted by atomic mass is 9.95. The molecule has 204 valence electrons. The molecule has 2 aromatic carbocycles. The molecule has 0 spiro atoms. The van der Waals surface area contributed by atoms with Gasteiger partial charge in [0.05, 0.1) is 17.8 Å². The first-order valence-corrected chi connectivity index (χ1v) is 14.9. The number of phenols is 1. The zero-order valence-electron chi connectivity index (χ0n) is 22.6. The maximum atomic E-state index is 10.5. The zero-order valence-corrected chi connectivity index (χ0v) is 22.6. The Hall–Kier alpha value is -3.10. The van der Waals surface area contributed by atoms with Crippen LogP contribution in [0.2, 0.25) is 0 Å². The van der Waals surface area contributed by atoms with Crippen molar-refractivity contribution in [3.8, 4) is 11.8 Å². The molecule has 4 fully saturated rings. The first-order valence-electron chi connectivity index (χ1n) is 14.9. The molecule has 4 saturated heterocycles. The number of benzene rings is 2. The lowest BCUT2D eigenvalue weighted by Crippen LogP contribution is -2.52. The van der Waals surface area contributed by atoms with Crippen molar-refractivity contribution in [1.82, 2.24) is 20.2 Å². The van der Waals surface area contributed by atoms with Crippen LogP contribution in [0.3, 0.4) is 0 Å². The molecule has 0 radical (unpaired) electrons. The molecular formula is C31H38N6O2. The molecule has 0 saturated carbocycles. The molecular weight excluding hydrogens is 488 g/mol. The third-order valence-corrected chi connectivity index (χ3v) is 9.99. The van der Waals surface area contributed by atoms with Crippen molar-refractivity contribution < 1.29 is 9.84 Å². The highest BCUT2D eigenvalue weighted by atomic mass is 16.5. The summed E-state index contributed by atoms with van der Waals surface area (Å²) in [5, 5.41) is 16.5. The monoisotopic (exact) mass is 526 g/mol. The molecule has 0 amide bonds. The lowest BCUT2D eigenvalue weighted by Gasteiger charge is -2.38. The highest BCUT2D eigenvalue weighted by Gasteiger charge is 2.45. The summed E-state index contributed by atoms with van der Waals surface area (Å²) in [4.78, 5) is 17.7. The van der Waals surface area contributed by atoms with Gasteiger partial charge in [-0.05, 0) is 69.5 Å². The maximum Gasteiger partial charge on any atom is 0.318 e. The van der Waals surface area contributed by atoms with Gasteiger partial charge in [0.15, 0.2) is 0 Å². The normalized spacial score (nSPS) is 25.7. The number of phenolic OH excluding ortho intramolecular Hbond substituents is 1.